The number of carbonyl (C=O) groups is 2. The molecule has 2 rings (SSSR count). The van der Waals surface area contributed by atoms with Crippen LogP contribution in [0.3, 0.4) is 0 Å². The predicted octanol–water partition coefficient (Wildman–Crippen LogP) is 3.10. The molecule has 1 aromatic rings. The third-order valence-corrected chi connectivity index (χ3v) is 3.99. The molecule has 0 unspecified atom stereocenters. The zero-order valence-electron chi connectivity index (χ0n) is 11.1. The van der Waals surface area contributed by atoms with Gasteiger partial charge in [0.05, 0.1) is 5.41 Å². The second-order valence-corrected chi connectivity index (χ2v) is 5.67. The summed E-state index contributed by atoms with van der Waals surface area (Å²) in [6, 6.07) is 3.14. The average Bonchev–Trinajstić information content (AvgIpc) is 2.39. The lowest BCUT2D eigenvalue weighted by Crippen LogP contribution is -2.37. The van der Waals surface area contributed by atoms with E-state index < -0.39 is 11.4 Å². The van der Waals surface area contributed by atoms with Crippen LogP contribution in [0.2, 0.25) is 5.02 Å². The molecule has 20 heavy (non-hydrogen) atoms. The molecule has 1 fully saturated rings. The number of aliphatic carboxylic acids is 1. The highest BCUT2D eigenvalue weighted by atomic mass is 35.5. The SMILES string of the molecule is O=C(CC1(C(=O)O)CCCCC1)Nc1cc(Cl)ccn1. The monoisotopic (exact) mass is 296 g/mol. The van der Waals surface area contributed by atoms with E-state index in [4.69, 9.17) is 11.6 Å². The highest BCUT2D eigenvalue weighted by molar-refractivity contribution is 6.30. The maximum absolute atomic E-state index is 12.0. The molecule has 0 spiro atoms. The summed E-state index contributed by atoms with van der Waals surface area (Å²) in [6.07, 6.45) is 5.33. The smallest absolute Gasteiger partial charge is 0.310 e. The topological polar surface area (TPSA) is 79.3 Å². The minimum absolute atomic E-state index is 0.0173. The summed E-state index contributed by atoms with van der Waals surface area (Å²) in [6.45, 7) is 0. The second-order valence-electron chi connectivity index (χ2n) is 5.23. The molecule has 1 aliphatic rings. The molecule has 2 N–H and O–H groups in total. The van der Waals surface area contributed by atoms with Gasteiger partial charge in [-0.15, -0.1) is 0 Å². The molecule has 0 bridgehead atoms. The number of amides is 1. The van der Waals surface area contributed by atoms with Crippen molar-refractivity contribution in [3.8, 4) is 0 Å². The van der Waals surface area contributed by atoms with Crippen LogP contribution in [-0.4, -0.2) is 22.0 Å². The maximum atomic E-state index is 12.0. The van der Waals surface area contributed by atoms with E-state index in [0.717, 1.165) is 19.3 Å². The van der Waals surface area contributed by atoms with Gasteiger partial charge in [0.2, 0.25) is 5.91 Å². The summed E-state index contributed by atoms with van der Waals surface area (Å²) < 4.78 is 0. The number of nitrogens with one attached hydrogen (secondary N) is 1. The van der Waals surface area contributed by atoms with Crippen LogP contribution >= 0.6 is 11.6 Å². The number of hydrogen-bond donors (Lipinski definition) is 2. The molecular formula is C14H17ClN2O3. The number of rotatable bonds is 4. The van der Waals surface area contributed by atoms with Gasteiger partial charge < -0.3 is 10.4 Å². The first-order valence-electron chi connectivity index (χ1n) is 6.67. The van der Waals surface area contributed by atoms with Crippen molar-refractivity contribution in [2.45, 2.75) is 38.5 Å². The Hall–Kier alpha value is -1.62. The zero-order chi connectivity index (χ0) is 14.6. The van der Waals surface area contributed by atoms with E-state index in [-0.39, 0.29) is 12.3 Å². The molecule has 0 atom stereocenters. The van der Waals surface area contributed by atoms with Crippen LogP contribution in [0.25, 0.3) is 0 Å². The van der Waals surface area contributed by atoms with Gasteiger partial charge in [-0.3, -0.25) is 9.59 Å². The van der Waals surface area contributed by atoms with Gasteiger partial charge in [-0.05, 0) is 25.0 Å². The number of nitrogens with zero attached hydrogens (tertiary/aromatic N) is 1. The quantitative estimate of drug-likeness (QED) is 0.895. The van der Waals surface area contributed by atoms with Gasteiger partial charge in [-0.2, -0.15) is 0 Å². The maximum Gasteiger partial charge on any atom is 0.310 e. The molecule has 1 saturated carbocycles. The third-order valence-electron chi connectivity index (χ3n) is 3.75. The van der Waals surface area contributed by atoms with Crippen LogP contribution in [-0.2, 0) is 9.59 Å². The highest BCUT2D eigenvalue weighted by Gasteiger charge is 2.41. The number of anilines is 1. The Labute approximate surface area is 122 Å². The third kappa shape index (κ3) is 3.48. The van der Waals surface area contributed by atoms with Crippen LogP contribution in [0.5, 0.6) is 0 Å². The molecule has 0 aliphatic heterocycles. The summed E-state index contributed by atoms with van der Waals surface area (Å²) in [7, 11) is 0. The van der Waals surface area contributed by atoms with Crippen molar-refractivity contribution in [3.63, 3.8) is 0 Å². The summed E-state index contributed by atoms with van der Waals surface area (Å²) in [5, 5.41) is 12.5. The number of carbonyl (C=O) groups excluding carboxylic acids is 1. The van der Waals surface area contributed by atoms with E-state index in [1.165, 1.54) is 12.3 Å². The van der Waals surface area contributed by atoms with Crippen LogP contribution in [0.4, 0.5) is 5.82 Å². The number of carboxylic acid groups (broad SMARTS) is 1. The zero-order valence-corrected chi connectivity index (χ0v) is 11.8. The van der Waals surface area contributed by atoms with E-state index >= 15 is 0 Å². The number of carboxylic acids is 1. The summed E-state index contributed by atoms with van der Waals surface area (Å²) in [5.41, 5.74) is -0.930. The van der Waals surface area contributed by atoms with Crippen molar-refractivity contribution in [1.82, 2.24) is 4.98 Å². The van der Waals surface area contributed by atoms with Crippen molar-refractivity contribution in [1.29, 1.82) is 0 Å². The van der Waals surface area contributed by atoms with Gasteiger partial charge in [0.25, 0.3) is 0 Å². The Balaban J connectivity index is 2.03. The van der Waals surface area contributed by atoms with E-state index in [1.807, 2.05) is 0 Å². The Morgan fingerprint density at radius 1 is 1.35 bits per heavy atom. The Morgan fingerprint density at radius 3 is 2.65 bits per heavy atom. The number of hydrogen-bond acceptors (Lipinski definition) is 3. The van der Waals surface area contributed by atoms with Gasteiger partial charge in [-0.1, -0.05) is 30.9 Å². The van der Waals surface area contributed by atoms with Gasteiger partial charge in [-0.25, -0.2) is 4.98 Å². The first-order chi connectivity index (χ1) is 9.52. The Morgan fingerprint density at radius 2 is 2.05 bits per heavy atom. The number of halogens is 1. The molecular weight excluding hydrogens is 280 g/mol. The molecule has 6 heteroatoms. The van der Waals surface area contributed by atoms with Gasteiger partial charge in [0.1, 0.15) is 5.82 Å². The Bertz CT molecular complexity index is 513. The first-order valence-corrected chi connectivity index (χ1v) is 7.04. The molecule has 1 aliphatic carbocycles. The van der Waals surface area contributed by atoms with Crippen molar-refractivity contribution < 1.29 is 14.7 Å². The normalized spacial score (nSPS) is 17.4. The molecule has 108 valence electrons. The van der Waals surface area contributed by atoms with Crippen LogP contribution in [0.1, 0.15) is 38.5 Å². The summed E-state index contributed by atoms with van der Waals surface area (Å²) in [4.78, 5) is 27.5. The van der Waals surface area contributed by atoms with E-state index in [1.54, 1.807) is 6.07 Å². The fraction of sp³-hybridized carbons (Fsp3) is 0.500. The van der Waals surface area contributed by atoms with Gasteiger partial charge >= 0.3 is 5.97 Å². The molecule has 0 aromatic carbocycles. The fourth-order valence-electron chi connectivity index (χ4n) is 2.66. The summed E-state index contributed by atoms with van der Waals surface area (Å²) in [5.74, 6) is -0.866. The lowest BCUT2D eigenvalue weighted by molar-refractivity contribution is -0.153. The van der Waals surface area contributed by atoms with Gasteiger partial charge in [0.15, 0.2) is 0 Å². The predicted molar refractivity (Wildman–Crippen MR) is 75.6 cm³/mol. The van der Waals surface area contributed by atoms with Crippen LogP contribution < -0.4 is 5.32 Å². The molecule has 0 saturated heterocycles. The molecule has 1 amide bonds. The van der Waals surface area contributed by atoms with E-state index in [2.05, 4.69) is 10.3 Å². The van der Waals surface area contributed by atoms with Crippen molar-refractivity contribution in [2.75, 3.05) is 5.32 Å². The standard InChI is InChI=1S/C14H17ClN2O3/c15-10-4-7-16-11(8-10)17-12(18)9-14(13(19)20)5-2-1-3-6-14/h4,7-8H,1-3,5-6,9H2,(H,19,20)(H,16,17,18). The molecule has 1 aromatic heterocycles. The van der Waals surface area contributed by atoms with E-state index in [9.17, 15) is 14.7 Å². The van der Waals surface area contributed by atoms with Crippen molar-refractivity contribution >= 4 is 29.3 Å². The minimum atomic E-state index is -0.930. The van der Waals surface area contributed by atoms with E-state index in [0.29, 0.717) is 23.7 Å². The first kappa shape index (κ1) is 14.8. The van der Waals surface area contributed by atoms with Crippen LogP contribution in [0.15, 0.2) is 18.3 Å². The molecule has 1 heterocycles. The van der Waals surface area contributed by atoms with Crippen molar-refractivity contribution in [2.24, 2.45) is 5.41 Å². The summed E-state index contributed by atoms with van der Waals surface area (Å²) >= 11 is 5.81. The molecule has 5 nitrogen and oxygen atoms in total. The lowest BCUT2D eigenvalue weighted by atomic mass is 9.71. The molecule has 0 radical (unpaired) electrons. The number of aromatic nitrogens is 1. The largest absolute Gasteiger partial charge is 0.481 e. The lowest BCUT2D eigenvalue weighted by Gasteiger charge is -2.32. The fourth-order valence-corrected chi connectivity index (χ4v) is 2.82. The van der Waals surface area contributed by atoms with Crippen molar-refractivity contribution in [3.05, 3.63) is 23.4 Å². The number of pyridine rings is 1. The second kappa shape index (κ2) is 6.22. The minimum Gasteiger partial charge on any atom is -0.481 e. The van der Waals surface area contributed by atoms with Crippen LogP contribution in [0, 0.1) is 5.41 Å². The van der Waals surface area contributed by atoms with Gasteiger partial charge in [0, 0.05) is 17.6 Å². The highest BCUT2D eigenvalue weighted by Crippen LogP contribution is 2.39. The average molecular weight is 297 g/mol. The Kier molecular flexibility index (Phi) is 4.60.